The molecule has 6 rings (SSSR count). The van der Waals surface area contributed by atoms with E-state index < -0.39 is 11.6 Å². The molecule has 2 nitrogen and oxygen atoms in total. The summed E-state index contributed by atoms with van der Waals surface area (Å²) in [7, 11) is 3.22. The van der Waals surface area contributed by atoms with E-state index in [1.54, 1.807) is 14.2 Å². The Bertz CT molecular complexity index is 1870. The van der Waals surface area contributed by atoms with Gasteiger partial charge in [0.15, 0.2) is 0 Å². The average molecular weight is 628 g/mol. The Morgan fingerprint density at radius 2 is 1.03 bits per heavy atom. The lowest BCUT2D eigenvalue weighted by Crippen LogP contribution is -1.95. The molecular formula is C34H23F2IO2. The summed E-state index contributed by atoms with van der Waals surface area (Å²) < 4.78 is 44.0. The largest absolute Gasteiger partial charge is 0.497 e. The number of fused-ring (bicyclic) bond motifs is 2. The molecule has 6 aromatic rings. The van der Waals surface area contributed by atoms with Crippen molar-refractivity contribution in [2.75, 3.05) is 14.2 Å². The number of halogens is 3. The van der Waals surface area contributed by atoms with Gasteiger partial charge < -0.3 is 9.47 Å². The number of methoxy groups -OCH3 is 2. The van der Waals surface area contributed by atoms with E-state index in [0.29, 0.717) is 22.6 Å². The lowest BCUT2D eigenvalue weighted by molar-refractivity contribution is 0.404. The van der Waals surface area contributed by atoms with Crippen LogP contribution in [0.2, 0.25) is 0 Å². The highest BCUT2D eigenvalue weighted by Gasteiger charge is 2.20. The normalized spacial score (nSPS) is 11.2. The van der Waals surface area contributed by atoms with Crippen LogP contribution in [-0.2, 0) is 0 Å². The third-order valence-corrected chi connectivity index (χ3v) is 7.99. The Hall–Kier alpha value is -3.97. The highest BCUT2D eigenvalue weighted by atomic mass is 127. The smallest absolute Gasteiger partial charge is 0.131 e. The second-order valence-corrected chi connectivity index (χ2v) is 10.4. The van der Waals surface area contributed by atoms with Gasteiger partial charge in [-0.3, -0.25) is 0 Å². The molecule has 0 heterocycles. The number of hydrogen-bond acceptors (Lipinski definition) is 2. The molecule has 39 heavy (non-hydrogen) atoms. The van der Waals surface area contributed by atoms with Crippen LogP contribution in [0.1, 0.15) is 0 Å². The number of ether oxygens (including phenoxy) is 2. The molecule has 0 saturated carbocycles. The van der Waals surface area contributed by atoms with Crippen LogP contribution in [0.4, 0.5) is 8.78 Å². The van der Waals surface area contributed by atoms with Gasteiger partial charge in [-0.15, -0.1) is 0 Å². The second-order valence-electron chi connectivity index (χ2n) is 9.23. The Morgan fingerprint density at radius 3 is 1.59 bits per heavy atom. The van der Waals surface area contributed by atoms with E-state index >= 15 is 8.78 Å². The van der Waals surface area contributed by atoms with Gasteiger partial charge in [0, 0.05) is 25.6 Å². The fourth-order valence-electron chi connectivity index (χ4n) is 5.29. The standard InChI is InChI=1S/C34H23F2IO2/c1-38-22-15-16-32(39-2)28(17-22)25-13-4-8-20-7-3-11-23(33(20)25)26-18-30(36)27(19-29(26)35)24-12-5-9-21-10-6-14-31(37)34(21)24/h3-19H,1-2H3. The number of benzene rings is 6. The fraction of sp³-hybridized carbons (Fsp3) is 0.0588. The summed E-state index contributed by atoms with van der Waals surface area (Å²) in [6.45, 7) is 0. The van der Waals surface area contributed by atoms with Gasteiger partial charge in [-0.1, -0.05) is 66.7 Å². The van der Waals surface area contributed by atoms with E-state index in [4.69, 9.17) is 9.47 Å². The van der Waals surface area contributed by atoms with Crippen molar-refractivity contribution >= 4 is 44.1 Å². The predicted molar refractivity (Wildman–Crippen MR) is 163 cm³/mol. The van der Waals surface area contributed by atoms with Crippen molar-refractivity contribution in [2.24, 2.45) is 0 Å². The molecule has 0 spiro atoms. The molecule has 0 aliphatic rings. The quantitative estimate of drug-likeness (QED) is 0.177. The molecule has 0 radical (unpaired) electrons. The summed E-state index contributed by atoms with van der Waals surface area (Å²) in [5.41, 5.74) is 3.35. The maximum atomic E-state index is 16.0. The van der Waals surface area contributed by atoms with Crippen LogP contribution in [-0.4, -0.2) is 14.2 Å². The number of rotatable bonds is 5. The minimum Gasteiger partial charge on any atom is -0.497 e. The van der Waals surface area contributed by atoms with Crippen LogP contribution in [0.5, 0.6) is 11.5 Å². The zero-order valence-corrected chi connectivity index (χ0v) is 23.4. The summed E-state index contributed by atoms with van der Waals surface area (Å²) in [6.07, 6.45) is 0. The maximum absolute atomic E-state index is 16.0. The zero-order chi connectivity index (χ0) is 27.1. The molecule has 0 saturated heterocycles. The molecule has 0 bridgehead atoms. The maximum Gasteiger partial charge on any atom is 0.131 e. The summed E-state index contributed by atoms with van der Waals surface area (Å²) >= 11 is 2.24. The topological polar surface area (TPSA) is 18.5 Å². The highest BCUT2D eigenvalue weighted by molar-refractivity contribution is 14.1. The van der Waals surface area contributed by atoms with Crippen LogP contribution in [0, 0.1) is 15.2 Å². The van der Waals surface area contributed by atoms with Crippen molar-refractivity contribution in [3.63, 3.8) is 0 Å². The molecule has 0 unspecified atom stereocenters. The summed E-state index contributed by atoms with van der Waals surface area (Å²) in [4.78, 5) is 0. The second kappa shape index (κ2) is 10.3. The number of hydrogen-bond donors (Lipinski definition) is 0. The Balaban J connectivity index is 1.59. The first kappa shape index (κ1) is 25.3. The minimum atomic E-state index is -0.491. The van der Waals surface area contributed by atoms with Crippen molar-refractivity contribution in [1.82, 2.24) is 0 Å². The van der Waals surface area contributed by atoms with Crippen molar-refractivity contribution in [2.45, 2.75) is 0 Å². The Labute approximate surface area is 239 Å². The zero-order valence-electron chi connectivity index (χ0n) is 21.3. The first-order chi connectivity index (χ1) is 19.0. The molecule has 0 aliphatic carbocycles. The first-order valence-corrected chi connectivity index (χ1v) is 13.5. The predicted octanol–water partition coefficient (Wildman–Crippen LogP) is 9.89. The van der Waals surface area contributed by atoms with Crippen molar-refractivity contribution in [3.05, 3.63) is 118 Å². The van der Waals surface area contributed by atoms with Gasteiger partial charge in [-0.25, -0.2) is 8.78 Å². The summed E-state index contributed by atoms with van der Waals surface area (Å²) in [6, 6.07) is 31.3. The van der Waals surface area contributed by atoms with E-state index in [2.05, 4.69) is 22.6 Å². The highest BCUT2D eigenvalue weighted by Crippen LogP contribution is 2.43. The van der Waals surface area contributed by atoms with Gasteiger partial charge in [0.25, 0.3) is 0 Å². The SMILES string of the molecule is COc1ccc(OC)c(-c2cccc3cccc(-c4cc(F)c(-c5cccc6cccc(I)c56)cc4F)c23)c1. The lowest BCUT2D eigenvalue weighted by atomic mass is 9.89. The third-order valence-electron chi connectivity index (χ3n) is 7.09. The van der Waals surface area contributed by atoms with Gasteiger partial charge in [-0.05, 0) is 91.8 Å². The lowest BCUT2D eigenvalue weighted by Gasteiger charge is -2.17. The molecule has 0 amide bonds. The van der Waals surface area contributed by atoms with E-state index in [0.717, 1.165) is 36.2 Å². The molecule has 0 aromatic heterocycles. The fourth-order valence-corrected chi connectivity index (χ4v) is 6.10. The first-order valence-electron chi connectivity index (χ1n) is 12.4. The van der Waals surface area contributed by atoms with E-state index in [-0.39, 0.29) is 11.1 Å². The van der Waals surface area contributed by atoms with E-state index in [9.17, 15) is 0 Å². The molecule has 5 heteroatoms. The van der Waals surface area contributed by atoms with Crippen LogP contribution in [0.25, 0.3) is 54.9 Å². The third kappa shape index (κ3) is 4.40. The van der Waals surface area contributed by atoms with Gasteiger partial charge in [-0.2, -0.15) is 0 Å². The Kier molecular flexibility index (Phi) is 6.69. The van der Waals surface area contributed by atoms with E-state index in [1.165, 1.54) is 12.1 Å². The van der Waals surface area contributed by atoms with E-state index in [1.807, 2.05) is 91.0 Å². The average Bonchev–Trinajstić information content (AvgIpc) is 2.97. The molecule has 6 aromatic carbocycles. The summed E-state index contributed by atoms with van der Waals surface area (Å²) in [5.74, 6) is 0.360. The van der Waals surface area contributed by atoms with Crippen molar-refractivity contribution in [3.8, 4) is 44.9 Å². The van der Waals surface area contributed by atoms with Gasteiger partial charge in [0.1, 0.15) is 23.1 Å². The molecule has 0 N–H and O–H groups in total. The molecule has 192 valence electrons. The van der Waals surface area contributed by atoms with Crippen LogP contribution >= 0.6 is 22.6 Å². The molecule has 0 aliphatic heterocycles. The van der Waals surface area contributed by atoms with Crippen LogP contribution < -0.4 is 9.47 Å². The molecule has 0 fully saturated rings. The van der Waals surface area contributed by atoms with Crippen molar-refractivity contribution < 1.29 is 18.3 Å². The minimum absolute atomic E-state index is 0.200. The van der Waals surface area contributed by atoms with Gasteiger partial charge in [0.05, 0.1) is 14.2 Å². The van der Waals surface area contributed by atoms with Gasteiger partial charge in [0.2, 0.25) is 0 Å². The van der Waals surface area contributed by atoms with Crippen LogP contribution in [0.3, 0.4) is 0 Å². The van der Waals surface area contributed by atoms with Crippen LogP contribution in [0.15, 0.2) is 103 Å². The van der Waals surface area contributed by atoms with Gasteiger partial charge >= 0.3 is 0 Å². The summed E-state index contributed by atoms with van der Waals surface area (Å²) in [5, 5.41) is 3.60. The molecular weight excluding hydrogens is 605 g/mol. The molecule has 0 atom stereocenters. The Morgan fingerprint density at radius 1 is 0.513 bits per heavy atom. The monoisotopic (exact) mass is 628 g/mol. The van der Waals surface area contributed by atoms with Crippen molar-refractivity contribution in [1.29, 1.82) is 0 Å².